The van der Waals surface area contributed by atoms with Gasteiger partial charge in [0.1, 0.15) is 6.61 Å². The molecule has 0 aliphatic heterocycles. The van der Waals surface area contributed by atoms with Gasteiger partial charge in [0.25, 0.3) is 5.09 Å². The molecule has 0 atom stereocenters. The molecule has 0 bridgehead atoms. The molecule has 0 spiro atoms. The second-order valence-electron chi connectivity index (χ2n) is 0.808. The Hall–Kier alpha value is -1.10. The minimum absolute atomic E-state index is 0. The highest BCUT2D eigenvalue weighted by Crippen LogP contribution is 1.71. The summed E-state index contributed by atoms with van der Waals surface area (Å²) in [5.74, 6) is 0. The van der Waals surface area contributed by atoms with Crippen LogP contribution in [0.15, 0.2) is 12.7 Å². The molecule has 0 aromatic carbocycles. The lowest BCUT2D eigenvalue weighted by Crippen LogP contribution is -1.98. The topological polar surface area (TPSA) is 87.4 Å². The first-order valence-electron chi connectivity index (χ1n) is 1.65. The third-order valence-electron chi connectivity index (χ3n) is 0.298. The lowest BCUT2D eigenvalue weighted by Gasteiger charge is -1.85. The van der Waals surface area contributed by atoms with Crippen molar-refractivity contribution < 1.29 is 9.92 Å². The Bertz CT molecular complexity index is 82.6. The second-order valence-corrected chi connectivity index (χ2v) is 0.808. The van der Waals surface area contributed by atoms with Gasteiger partial charge < -0.3 is 11.0 Å². The van der Waals surface area contributed by atoms with Crippen molar-refractivity contribution >= 4 is 0 Å². The van der Waals surface area contributed by atoms with E-state index in [0.717, 1.165) is 0 Å². The normalized spacial score (nSPS) is 6.50. The molecular formula is C3H8N2O3. The molecule has 0 radical (unpaired) electrons. The predicted octanol–water partition coefficient (Wildman–Crippen LogP) is 0.543. The van der Waals surface area contributed by atoms with Crippen LogP contribution in [0, 0.1) is 10.1 Å². The Morgan fingerprint density at radius 2 is 2.38 bits per heavy atom. The summed E-state index contributed by atoms with van der Waals surface area (Å²) in [7, 11) is 0. The lowest BCUT2D eigenvalue weighted by molar-refractivity contribution is -0.755. The van der Waals surface area contributed by atoms with E-state index in [1.54, 1.807) is 0 Å². The molecule has 3 N–H and O–H groups in total. The zero-order valence-electron chi connectivity index (χ0n) is 4.37. The average Bonchev–Trinajstić information content (AvgIpc) is 1.61. The van der Waals surface area contributed by atoms with E-state index >= 15 is 0 Å². The van der Waals surface area contributed by atoms with Crippen LogP contribution >= 0.6 is 0 Å². The molecule has 8 heavy (non-hydrogen) atoms. The molecule has 0 unspecified atom stereocenters. The standard InChI is InChI=1S/C3H5NO3.H3N/c1-2-3-7-4(5)6;/h2H,1,3H2;1H3. The molecule has 0 aromatic rings. The number of hydrogen-bond acceptors (Lipinski definition) is 4. The monoisotopic (exact) mass is 120 g/mol. The quantitative estimate of drug-likeness (QED) is 0.334. The van der Waals surface area contributed by atoms with Crippen LogP contribution in [0.4, 0.5) is 0 Å². The van der Waals surface area contributed by atoms with Crippen molar-refractivity contribution in [2.45, 2.75) is 0 Å². The summed E-state index contributed by atoms with van der Waals surface area (Å²) in [5.41, 5.74) is 0. The van der Waals surface area contributed by atoms with E-state index in [4.69, 9.17) is 0 Å². The molecule has 0 aliphatic rings. The fourth-order valence-corrected chi connectivity index (χ4v) is 0.114. The average molecular weight is 120 g/mol. The third kappa shape index (κ3) is 8.86. The number of hydrogen-bond donors (Lipinski definition) is 1. The van der Waals surface area contributed by atoms with Crippen molar-refractivity contribution in [2.24, 2.45) is 0 Å². The maximum absolute atomic E-state index is 9.29. The Morgan fingerprint density at radius 1 is 1.88 bits per heavy atom. The van der Waals surface area contributed by atoms with Gasteiger partial charge in [-0.25, -0.2) is 0 Å². The Morgan fingerprint density at radius 3 is 2.50 bits per heavy atom. The Kier molecular flexibility index (Phi) is 7.38. The lowest BCUT2D eigenvalue weighted by atomic mass is 10.7. The smallest absolute Gasteiger partial charge is 0.294 e. The Balaban J connectivity index is 0. The van der Waals surface area contributed by atoms with Gasteiger partial charge in [0.2, 0.25) is 0 Å². The summed E-state index contributed by atoms with van der Waals surface area (Å²) in [6, 6.07) is 0. The molecule has 0 rings (SSSR count). The van der Waals surface area contributed by atoms with Gasteiger partial charge in [-0.15, -0.1) is 16.7 Å². The number of rotatable bonds is 3. The summed E-state index contributed by atoms with van der Waals surface area (Å²) < 4.78 is 0. The summed E-state index contributed by atoms with van der Waals surface area (Å²) in [5, 5.41) is 8.43. The highest BCUT2D eigenvalue weighted by atomic mass is 16.9. The summed E-state index contributed by atoms with van der Waals surface area (Å²) in [6.45, 7) is 3.17. The van der Waals surface area contributed by atoms with Crippen molar-refractivity contribution in [3.8, 4) is 0 Å². The first-order valence-corrected chi connectivity index (χ1v) is 1.65. The van der Waals surface area contributed by atoms with Gasteiger partial charge in [0.05, 0.1) is 0 Å². The molecule has 0 aromatic heterocycles. The van der Waals surface area contributed by atoms with Crippen LogP contribution < -0.4 is 6.15 Å². The summed E-state index contributed by atoms with van der Waals surface area (Å²) >= 11 is 0. The van der Waals surface area contributed by atoms with Crippen LogP contribution in [0.3, 0.4) is 0 Å². The van der Waals surface area contributed by atoms with Gasteiger partial charge in [0.15, 0.2) is 0 Å². The van der Waals surface area contributed by atoms with Gasteiger partial charge in [-0.1, -0.05) is 6.08 Å². The van der Waals surface area contributed by atoms with E-state index in [-0.39, 0.29) is 12.8 Å². The van der Waals surface area contributed by atoms with Crippen LogP contribution in [0.2, 0.25) is 0 Å². The highest BCUT2D eigenvalue weighted by molar-refractivity contribution is 4.61. The van der Waals surface area contributed by atoms with E-state index in [9.17, 15) is 10.1 Å². The first-order chi connectivity index (χ1) is 3.27. The largest absolute Gasteiger partial charge is 0.344 e. The highest BCUT2D eigenvalue weighted by Gasteiger charge is 1.85. The van der Waals surface area contributed by atoms with E-state index in [1.807, 2.05) is 0 Å². The van der Waals surface area contributed by atoms with Crippen LogP contribution in [0.25, 0.3) is 0 Å². The van der Waals surface area contributed by atoms with E-state index in [1.165, 1.54) is 6.08 Å². The molecule has 5 nitrogen and oxygen atoms in total. The van der Waals surface area contributed by atoms with Crippen molar-refractivity contribution in [1.82, 2.24) is 6.15 Å². The fraction of sp³-hybridized carbons (Fsp3) is 0.333. The van der Waals surface area contributed by atoms with Gasteiger partial charge in [-0.3, -0.25) is 0 Å². The molecule has 48 valence electrons. The van der Waals surface area contributed by atoms with Gasteiger partial charge in [0, 0.05) is 0 Å². The van der Waals surface area contributed by atoms with E-state index < -0.39 is 5.09 Å². The number of nitrogens with zero attached hydrogens (tertiary/aromatic N) is 1. The fourth-order valence-electron chi connectivity index (χ4n) is 0.114. The summed E-state index contributed by atoms with van der Waals surface area (Å²) in [6.07, 6.45) is 1.31. The van der Waals surface area contributed by atoms with Crippen LogP contribution in [0.1, 0.15) is 0 Å². The van der Waals surface area contributed by atoms with E-state index in [0.29, 0.717) is 0 Å². The van der Waals surface area contributed by atoms with Crippen molar-refractivity contribution in [2.75, 3.05) is 6.61 Å². The minimum atomic E-state index is -0.859. The molecule has 0 saturated heterocycles. The molecule has 0 amide bonds. The molecule has 0 heterocycles. The van der Waals surface area contributed by atoms with Gasteiger partial charge in [-0.2, -0.15) is 0 Å². The molecule has 0 fully saturated rings. The third-order valence-corrected chi connectivity index (χ3v) is 0.298. The Labute approximate surface area is 46.6 Å². The summed E-state index contributed by atoms with van der Waals surface area (Å²) in [4.78, 5) is 13.1. The maximum atomic E-state index is 9.29. The predicted molar refractivity (Wildman–Crippen MR) is 28.2 cm³/mol. The van der Waals surface area contributed by atoms with Gasteiger partial charge in [-0.05, 0) is 0 Å². The van der Waals surface area contributed by atoms with Crippen LogP contribution in [-0.4, -0.2) is 11.7 Å². The SMILES string of the molecule is C=CCO[N+](=O)[O-].N. The molecule has 0 saturated carbocycles. The second kappa shape index (κ2) is 5.90. The van der Waals surface area contributed by atoms with Crippen LogP contribution in [-0.2, 0) is 4.84 Å². The van der Waals surface area contributed by atoms with Crippen molar-refractivity contribution in [1.29, 1.82) is 0 Å². The minimum Gasteiger partial charge on any atom is -0.344 e. The molecule has 0 aliphatic carbocycles. The first kappa shape index (κ1) is 10.0. The molecular weight excluding hydrogens is 112 g/mol. The van der Waals surface area contributed by atoms with Crippen molar-refractivity contribution in [3.05, 3.63) is 22.8 Å². The van der Waals surface area contributed by atoms with Gasteiger partial charge >= 0.3 is 0 Å². The zero-order chi connectivity index (χ0) is 5.70. The van der Waals surface area contributed by atoms with Crippen molar-refractivity contribution in [3.63, 3.8) is 0 Å². The maximum Gasteiger partial charge on any atom is 0.294 e. The molecule has 5 heteroatoms. The van der Waals surface area contributed by atoms with E-state index in [2.05, 4.69) is 11.4 Å². The van der Waals surface area contributed by atoms with Crippen LogP contribution in [0.5, 0.6) is 0 Å². The zero-order valence-corrected chi connectivity index (χ0v) is 4.37.